The van der Waals surface area contributed by atoms with Crippen LogP contribution in [0.1, 0.15) is 22.2 Å². The third-order valence-electron chi connectivity index (χ3n) is 4.27. The molecular formula is C23H23FN2O3S. The van der Waals surface area contributed by atoms with E-state index in [4.69, 9.17) is 4.74 Å². The van der Waals surface area contributed by atoms with Gasteiger partial charge in [0, 0.05) is 18.0 Å². The van der Waals surface area contributed by atoms with Gasteiger partial charge >= 0.3 is 0 Å². The Balaban J connectivity index is 1.52. The van der Waals surface area contributed by atoms with Crippen LogP contribution >= 0.6 is 11.3 Å². The first-order valence-corrected chi connectivity index (χ1v) is 10.5. The fourth-order valence-electron chi connectivity index (χ4n) is 2.85. The van der Waals surface area contributed by atoms with E-state index in [1.807, 2.05) is 43.3 Å². The van der Waals surface area contributed by atoms with Crippen molar-refractivity contribution in [2.24, 2.45) is 0 Å². The Kier molecular flexibility index (Phi) is 7.57. The molecule has 0 aliphatic carbocycles. The van der Waals surface area contributed by atoms with Crippen LogP contribution in [0.25, 0.3) is 10.4 Å². The van der Waals surface area contributed by atoms with Crippen LogP contribution in [0.3, 0.4) is 0 Å². The van der Waals surface area contributed by atoms with Crippen molar-refractivity contribution in [1.29, 1.82) is 0 Å². The summed E-state index contributed by atoms with van der Waals surface area (Å²) in [6.07, 6.45) is 0.161. The van der Waals surface area contributed by atoms with Crippen molar-refractivity contribution in [1.82, 2.24) is 10.6 Å². The molecule has 0 atom stereocenters. The van der Waals surface area contributed by atoms with Gasteiger partial charge in [0.15, 0.2) is 0 Å². The lowest BCUT2D eigenvalue weighted by atomic mass is 10.1. The van der Waals surface area contributed by atoms with Gasteiger partial charge in [0.1, 0.15) is 16.4 Å². The van der Waals surface area contributed by atoms with Crippen molar-refractivity contribution < 1.29 is 18.7 Å². The van der Waals surface area contributed by atoms with Crippen LogP contribution in [0.15, 0.2) is 60.7 Å². The van der Waals surface area contributed by atoms with Gasteiger partial charge in [0.2, 0.25) is 5.91 Å². The summed E-state index contributed by atoms with van der Waals surface area (Å²) in [5, 5.41) is 5.56. The molecule has 3 rings (SSSR count). The summed E-state index contributed by atoms with van der Waals surface area (Å²) >= 11 is 1.37. The third-order valence-corrected chi connectivity index (χ3v) is 5.44. The van der Waals surface area contributed by atoms with Gasteiger partial charge in [-0.1, -0.05) is 42.5 Å². The average Bonchev–Trinajstić information content (AvgIpc) is 3.18. The highest BCUT2D eigenvalue weighted by molar-refractivity contribution is 7.17. The Hall–Kier alpha value is -3.19. The SMILES string of the molecule is CCOc1cc(-c2ccccc2)sc1C(=O)NCCNC(=O)Cc1ccc(F)cc1. The molecule has 2 N–H and O–H groups in total. The highest BCUT2D eigenvalue weighted by Gasteiger charge is 2.18. The van der Waals surface area contributed by atoms with E-state index in [2.05, 4.69) is 10.6 Å². The number of carbonyl (C=O) groups excluding carboxylic acids is 2. The predicted molar refractivity (Wildman–Crippen MR) is 116 cm³/mol. The zero-order chi connectivity index (χ0) is 21.3. The van der Waals surface area contributed by atoms with Gasteiger partial charge in [-0.2, -0.15) is 0 Å². The molecule has 5 nitrogen and oxygen atoms in total. The van der Waals surface area contributed by atoms with Crippen molar-refractivity contribution in [3.63, 3.8) is 0 Å². The van der Waals surface area contributed by atoms with Gasteiger partial charge in [-0.3, -0.25) is 9.59 Å². The van der Waals surface area contributed by atoms with Crippen molar-refractivity contribution >= 4 is 23.2 Å². The maximum Gasteiger partial charge on any atom is 0.265 e. The number of halogens is 1. The summed E-state index contributed by atoms with van der Waals surface area (Å²) in [4.78, 5) is 26.1. The molecule has 0 radical (unpaired) electrons. The van der Waals surface area contributed by atoms with Gasteiger partial charge < -0.3 is 15.4 Å². The molecule has 0 saturated heterocycles. The van der Waals surface area contributed by atoms with Crippen LogP contribution in [-0.4, -0.2) is 31.5 Å². The van der Waals surface area contributed by atoms with Gasteiger partial charge in [-0.25, -0.2) is 4.39 Å². The first kappa shape index (κ1) is 21.5. The topological polar surface area (TPSA) is 67.4 Å². The largest absolute Gasteiger partial charge is 0.492 e. The molecule has 30 heavy (non-hydrogen) atoms. The minimum absolute atomic E-state index is 0.161. The number of carbonyl (C=O) groups is 2. The minimum atomic E-state index is -0.336. The number of rotatable bonds is 9. The third kappa shape index (κ3) is 5.90. The first-order valence-electron chi connectivity index (χ1n) is 9.68. The van der Waals surface area contributed by atoms with Crippen LogP contribution in [0.2, 0.25) is 0 Å². The van der Waals surface area contributed by atoms with Gasteiger partial charge in [0.25, 0.3) is 5.91 Å². The number of ether oxygens (including phenoxy) is 1. The van der Waals surface area contributed by atoms with E-state index in [1.54, 1.807) is 12.1 Å². The molecule has 0 aliphatic rings. The highest BCUT2D eigenvalue weighted by Crippen LogP contribution is 2.36. The number of amides is 2. The Bertz CT molecular complexity index is 987. The summed E-state index contributed by atoms with van der Waals surface area (Å²) in [6, 6.07) is 17.5. The van der Waals surface area contributed by atoms with E-state index in [9.17, 15) is 14.0 Å². The molecule has 0 fully saturated rings. The normalized spacial score (nSPS) is 10.5. The molecule has 0 unspecified atom stereocenters. The number of hydrogen-bond donors (Lipinski definition) is 2. The van der Waals surface area contributed by atoms with Crippen LogP contribution in [0.4, 0.5) is 4.39 Å². The molecular weight excluding hydrogens is 403 g/mol. The van der Waals surface area contributed by atoms with Crippen molar-refractivity contribution in [2.45, 2.75) is 13.3 Å². The van der Waals surface area contributed by atoms with Crippen molar-refractivity contribution in [2.75, 3.05) is 19.7 Å². The zero-order valence-corrected chi connectivity index (χ0v) is 17.4. The Morgan fingerprint density at radius 2 is 1.70 bits per heavy atom. The number of nitrogens with one attached hydrogen (secondary N) is 2. The molecule has 0 spiro atoms. The Morgan fingerprint density at radius 1 is 1.00 bits per heavy atom. The second kappa shape index (κ2) is 10.5. The van der Waals surface area contributed by atoms with E-state index >= 15 is 0 Å². The van der Waals surface area contributed by atoms with E-state index in [0.717, 1.165) is 16.0 Å². The lowest BCUT2D eigenvalue weighted by molar-refractivity contribution is -0.120. The van der Waals surface area contributed by atoms with E-state index in [0.29, 0.717) is 23.8 Å². The molecule has 0 saturated carbocycles. The lowest BCUT2D eigenvalue weighted by Gasteiger charge is -2.08. The van der Waals surface area contributed by atoms with E-state index < -0.39 is 0 Å². The average molecular weight is 427 g/mol. The fraction of sp³-hybridized carbons (Fsp3) is 0.217. The summed E-state index contributed by atoms with van der Waals surface area (Å²) in [5.41, 5.74) is 1.75. The molecule has 3 aromatic rings. The number of benzene rings is 2. The smallest absolute Gasteiger partial charge is 0.265 e. The molecule has 2 aromatic carbocycles. The maximum atomic E-state index is 12.9. The quantitative estimate of drug-likeness (QED) is 0.508. The molecule has 1 heterocycles. The minimum Gasteiger partial charge on any atom is -0.492 e. The van der Waals surface area contributed by atoms with E-state index in [1.165, 1.54) is 23.5 Å². The Labute approximate surface area is 178 Å². The van der Waals surface area contributed by atoms with Crippen LogP contribution in [-0.2, 0) is 11.2 Å². The molecule has 7 heteroatoms. The molecule has 156 valence electrons. The van der Waals surface area contributed by atoms with Gasteiger partial charge in [-0.05, 0) is 36.2 Å². The highest BCUT2D eigenvalue weighted by atomic mass is 32.1. The molecule has 2 amide bonds. The lowest BCUT2D eigenvalue weighted by Crippen LogP contribution is -2.35. The maximum absolute atomic E-state index is 12.9. The molecule has 1 aromatic heterocycles. The standard InChI is InChI=1S/C23H23FN2O3S/c1-2-29-19-15-20(17-6-4-3-5-7-17)30-22(19)23(28)26-13-12-25-21(27)14-16-8-10-18(24)11-9-16/h3-11,15H,2,12-14H2,1H3,(H,25,27)(H,26,28). The summed E-state index contributed by atoms with van der Waals surface area (Å²) in [5.74, 6) is -0.205. The Morgan fingerprint density at radius 3 is 2.40 bits per heavy atom. The fourth-order valence-corrected chi connectivity index (χ4v) is 3.87. The summed E-state index contributed by atoms with van der Waals surface area (Å²) < 4.78 is 18.5. The van der Waals surface area contributed by atoms with Crippen LogP contribution in [0.5, 0.6) is 5.75 Å². The summed E-state index contributed by atoms with van der Waals surface area (Å²) in [7, 11) is 0. The van der Waals surface area contributed by atoms with Crippen molar-refractivity contribution in [3.8, 4) is 16.2 Å². The molecule has 0 bridgehead atoms. The molecule has 0 aliphatic heterocycles. The summed E-state index contributed by atoms with van der Waals surface area (Å²) in [6.45, 7) is 2.92. The van der Waals surface area contributed by atoms with Crippen LogP contribution in [0, 0.1) is 5.82 Å². The predicted octanol–water partition coefficient (Wildman–Crippen LogP) is 4.04. The van der Waals surface area contributed by atoms with E-state index in [-0.39, 0.29) is 30.6 Å². The van der Waals surface area contributed by atoms with Crippen molar-refractivity contribution in [3.05, 3.63) is 76.9 Å². The number of thiophene rings is 1. The zero-order valence-electron chi connectivity index (χ0n) is 16.6. The van der Waals surface area contributed by atoms with Crippen LogP contribution < -0.4 is 15.4 Å². The van der Waals surface area contributed by atoms with Gasteiger partial charge in [0.05, 0.1) is 13.0 Å². The second-order valence-electron chi connectivity index (χ2n) is 6.51. The second-order valence-corrected chi connectivity index (χ2v) is 7.56. The first-order chi connectivity index (χ1) is 14.6. The monoisotopic (exact) mass is 426 g/mol. The van der Waals surface area contributed by atoms with Gasteiger partial charge in [-0.15, -0.1) is 11.3 Å². The number of hydrogen-bond acceptors (Lipinski definition) is 4.